The molecule has 2 aromatic rings. The summed E-state index contributed by atoms with van der Waals surface area (Å²) in [6.07, 6.45) is 13.1. The van der Waals surface area contributed by atoms with Gasteiger partial charge in [0.2, 0.25) is 0 Å². The van der Waals surface area contributed by atoms with Crippen LogP contribution in [0.4, 0.5) is 0 Å². The maximum atomic E-state index is 6.06. The quantitative estimate of drug-likeness (QED) is 0.389. The van der Waals surface area contributed by atoms with Gasteiger partial charge in [-0.25, -0.2) is 0 Å². The largest absolute Gasteiger partial charge is 0.493 e. The predicted molar refractivity (Wildman–Crippen MR) is 113 cm³/mol. The third-order valence-corrected chi connectivity index (χ3v) is 4.83. The monoisotopic (exact) mass is 353 g/mol. The Hall–Kier alpha value is -1.80. The Bertz CT molecular complexity index is 582. The normalized spacial score (nSPS) is 10.8. The van der Waals surface area contributed by atoms with Gasteiger partial charge >= 0.3 is 0 Å². The molecule has 0 aliphatic rings. The maximum Gasteiger partial charge on any atom is 0.127 e. The number of benzene rings is 2. The maximum absolute atomic E-state index is 6.06. The lowest BCUT2D eigenvalue weighted by Gasteiger charge is -2.11. The first-order valence-corrected chi connectivity index (χ1v) is 10.4. The second-order valence-electron chi connectivity index (χ2n) is 7.03. The van der Waals surface area contributed by atoms with E-state index in [9.17, 15) is 0 Å². The number of hydrogen-bond acceptors (Lipinski definition) is 2. The first-order valence-electron chi connectivity index (χ1n) is 10.4. The van der Waals surface area contributed by atoms with Crippen LogP contribution in [-0.4, -0.2) is 13.2 Å². The van der Waals surface area contributed by atoms with Crippen LogP contribution >= 0.6 is 0 Å². The van der Waals surface area contributed by atoms with E-state index in [1.165, 1.54) is 68.9 Å². The van der Waals surface area contributed by atoms with Gasteiger partial charge in [0.05, 0.1) is 6.61 Å². The van der Waals surface area contributed by atoms with E-state index in [0.717, 1.165) is 25.3 Å². The summed E-state index contributed by atoms with van der Waals surface area (Å²) in [5.41, 5.74) is 7.91. The van der Waals surface area contributed by atoms with Gasteiger partial charge in [-0.05, 0) is 31.0 Å². The molecule has 0 saturated carbocycles. The lowest BCUT2D eigenvalue weighted by Crippen LogP contribution is -1.99. The average molecular weight is 354 g/mol. The van der Waals surface area contributed by atoms with Gasteiger partial charge in [0, 0.05) is 5.56 Å². The third-order valence-electron chi connectivity index (χ3n) is 4.83. The molecule has 0 aliphatic heterocycles. The molecule has 2 nitrogen and oxygen atoms in total. The van der Waals surface area contributed by atoms with E-state index >= 15 is 0 Å². The van der Waals surface area contributed by atoms with Gasteiger partial charge in [0.25, 0.3) is 0 Å². The molecule has 0 fully saturated rings. The highest BCUT2D eigenvalue weighted by Gasteiger charge is 2.04. The van der Waals surface area contributed by atoms with Gasteiger partial charge in [0.1, 0.15) is 5.75 Å². The molecule has 0 aromatic heterocycles. The number of para-hydroxylation sites is 1. The fourth-order valence-electron chi connectivity index (χ4n) is 3.29. The minimum atomic E-state index is 0.808. The molecule has 2 heteroatoms. The molecule has 142 valence electrons. The number of nitrogens with two attached hydrogens (primary N) is 1. The van der Waals surface area contributed by atoms with Crippen molar-refractivity contribution in [2.24, 2.45) is 5.73 Å². The molecule has 0 unspecified atom stereocenters. The van der Waals surface area contributed by atoms with Gasteiger partial charge in [0.15, 0.2) is 0 Å². The zero-order valence-corrected chi connectivity index (χ0v) is 16.2. The molecule has 2 rings (SSSR count). The van der Waals surface area contributed by atoms with Gasteiger partial charge in [-0.1, -0.05) is 99.9 Å². The first kappa shape index (κ1) is 20.5. The van der Waals surface area contributed by atoms with Crippen LogP contribution in [0.5, 0.6) is 5.75 Å². The van der Waals surface area contributed by atoms with Crippen molar-refractivity contribution in [3.05, 3.63) is 54.6 Å². The van der Waals surface area contributed by atoms with Crippen LogP contribution in [0.25, 0.3) is 11.1 Å². The molecule has 0 saturated heterocycles. The minimum Gasteiger partial charge on any atom is -0.493 e. The van der Waals surface area contributed by atoms with E-state index in [4.69, 9.17) is 10.5 Å². The fourth-order valence-corrected chi connectivity index (χ4v) is 3.29. The van der Waals surface area contributed by atoms with Crippen LogP contribution in [0, 0.1) is 0 Å². The van der Waals surface area contributed by atoms with Crippen molar-refractivity contribution in [2.45, 2.75) is 64.2 Å². The molecular formula is C24H35NO. The Morgan fingerprint density at radius 1 is 0.577 bits per heavy atom. The highest BCUT2D eigenvalue weighted by Crippen LogP contribution is 2.29. The molecule has 0 bridgehead atoms. The Labute approximate surface area is 159 Å². The van der Waals surface area contributed by atoms with E-state index in [1.807, 2.05) is 6.07 Å². The lowest BCUT2D eigenvalue weighted by atomic mass is 10.0. The summed E-state index contributed by atoms with van der Waals surface area (Å²) in [6.45, 7) is 1.65. The molecule has 0 amide bonds. The number of hydrogen-bond donors (Lipinski definition) is 1. The third kappa shape index (κ3) is 8.05. The zero-order chi connectivity index (χ0) is 18.3. The van der Waals surface area contributed by atoms with E-state index in [2.05, 4.69) is 48.5 Å². The second-order valence-corrected chi connectivity index (χ2v) is 7.03. The Morgan fingerprint density at radius 3 is 1.77 bits per heavy atom. The van der Waals surface area contributed by atoms with E-state index in [1.54, 1.807) is 0 Å². The van der Waals surface area contributed by atoms with Crippen molar-refractivity contribution < 1.29 is 4.74 Å². The van der Waals surface area contributed by atoms with E-state index in [0.29, 0.717) is 0 Å². The predicted octanol–water partition coefficient (Wildman–Crippen LogP) is 6.59. The highest BCUT2D eigenvalue weighted by atomic mass is 16.5. The molecule has 2 N–H and O–H groups in total. The smallest absolute Gasteiger partial charge is 0.127 e. The Kier molecular flexibility index (Phi) is 10.6. The second kappa shape index (κ2) is 13.4. The van der Waals surface area contributed by atoms with Crippen molar-refractivity contribution in [3.63, 3.8) is 0 Å². The zero-order valence-electron chi connectivity index (χ0n) is 16.2. The summed E-state index contributed by atoms with van der Waals surface area (Å²) in [4.78, 5) is 0. The van der Waals surface area contributed by atoms with Crippen LogP contribution < -0.4 is 10.5 Å². The van der Waals surface area contributed by atoms with E-state index in [-0.39, 0.29) is 0 Å². The Morgan fingerprint density at radius 2 is 1.12 bits per heavy atom. The summed E-state index contributed by atoms with van der Waals surface area (Å²) in [7, 11) is 0. The van der Waals surface area contributed by atoms with Gasteiger partial charge < -0.3 is 10.5 Å². The first-order chi connectivity index (χ1) is 12.9. The minimum absolute atomic E-state index is 0.808. The topological polar surface area (TPSA) is 35.2 Å². The van der Waals surface area contributed by atoms with Crippen LogP contribution in [-0.2, 0) is 0 Å². The average Bonchev–Trinajstić information content (AvgIpc) is 2.70. The van der Waals surface area contributed by atoms with Crippen molar-refractivity contribution in [3.8, 4) is 16.9 Å². The SMILES string of the molecule is NCCCCCCCCCCCCOc1ccccc1-c1ccccc1. The molecule has 0 atom stereocenters. The fraction of sp³-hybridized carbons (Fsp3) is 0.500. The summed E-state index contributed by atoms with van der Waals surface area (Å²) in [6, 6.07) is 18.8. The van der Waals surface area contributed by atoms with Crippen molar-refractivity contribution >= 4 is 0 Å². The molecule has 0 aliphatic carbocycles. The van der Waals surface area contributed by atoms with E-state index < -0.39 is 0 Å². The molecule has 0 spiro atoms. The van der Waals surface area contributed by atoms with Crippen molar-refractivity contribution in [1.82, 2.24) is 0 Å². The number of unbranched alkanes of at least 4 members (excludes halogenated alkanes) is 9. The molecule has 26 heavy (non-hydrogen) atoms. The van der Waals surface area contributed by atoms with Gasteiger partial charge in [-0.15, -0.1) is 0 Å². The van der Waals surface area contributed by atoms with Crippen molar-refractivity contribution in [2.75, 3.05) is 13.2 Å². The van der Waals surface area contributed by atoms with Crippen LogP contribution in [0.2, 0.25) is 0 Å². The molecular weight excluding hydrogens is 318 g/mol. The summed E-state index contributed by atoms with van der Waals surface area (Å²) < 4.78 is 6.06. The summed E-state index contributed by atoms with van der Waals surface area (Å²) >= 11 is 0. The van der Waals surface area contributed by atoms with Crippen LogP contribution in [0.15, 0.2) is 54.6 Å². The molecule has 0 heterocycles. The summed E-state index contributed by atoms with van der Waals surface area (Å²) in [5.74, 6) is 0.996. The molecule has 2 aromatic carbocycles. The Balaban J connectivity index is 1.56. The standard InChI is InChI=1S/C24H35NO/c25-20-14-7-5-3-1-2-4-6-8-15-21-26-24-19-13-12-18-23(24)22-16-10-9-11-17-22/h9-13,16-19H,1-8,14-15,20-21,25H2. The van der Waals surface area contributed by atoms with Crippen molar-refractivity contribution in [1.29, 1.82) is 0 Å². The number of rotatable bonds is 14. The molecule has 0 radical (unpaired) electrons. The van der Waals surface area contributed by atoms with Crippen LogP contribution in [0.1, 0.15) is 64.2 Å². The summed E-state index contributed by atoms with van der Waals surface area (Å²) in [5, 5.41) is 0. The lowest BCUT2D eigenvalue weighted by molar-refractivity contribution is 0.305. The van der Waals surface area contributed by atoms with Gasteiger partial charge in [-0.2, -0.15) is 0 Å². The number of ether oxygens (including phenoxy) is 1. The van der Waals surface area contributed by atoms with Gasteiger partial charge in [-0.3, -0.25) is 0 Å². The highest BCUT2D eigenvalue weighted by molar-refractivity contribution is 5.70. The van der Waals surface area contributed by atoms with Crippen LogP contribution in [0.3, 0.4) is 0 Å².